The lowest BCUT2D eigenvalue weighted by molar-refractivity contribution is -0.139. The van der Waals surface area contributed by atoms with E-state index in [4.69, 9.17) is 4.74 Å². The molecule has 2 saturated heterocycles. The molecule has 0 aliphatic carbocycles. The van der Waals surface area contributed by atoms with E-state index in [0.29, 0.717) is 26.1 Å². The number of carbonyl (C=O) groups excluding carboxylic acids is 2. The monoisotopic (exact) mass is 464 g/mol. The second kappa shape index (κ2) is 10.9. The highest BCUT2D eigenvalue weighted by atomic mass is 32.2. The summed E-state index contributed by atoms with van der Waals surface area (Å²) in [5.41, 5.74) is 2.95. The molecule has 5 nitrogen and oxygen atoms in total. The molecule has 0 bridgehead atoms. The quantitative estimate of drug-likeness (QED) is 0.275. The molecule has 0 N–H and O–H groups in total. The Hall–Kier alpha value is -2.73. The number of rotatable bonds is 9. The lowest BCUT2D eigenvalue weighted by Crippen LogP contribution is -2.35. The zero-order valence-corrected chi connectivity index (χ0v) is 20.2. The van der Waals surface area contributed by atoms with Crippen LogP contribution in [0, 0.1) is 0 Å². The van der Waals surface area contributed by atoms with Gasteiger partial charge in [0.1, 0.15) is 0 Å². The summed E-state index contributed by atoms with van der Waals surface area (Å²) < 4.78 is 5.54. The molecule has 2 aliphatic heterocycles. The van der Waals surface area contributed by atoms with E-state index in [-0.39, 0.29) is 24.1 Å². The standard InChI is InChI=1S/C27H32N2O3S/c1-3-11-22(26(30)32-16-4-2)25-24-23(19-33-25)28(17-20-12-7-5-8-13-20)27(31)29(24)18-21-14-9-6-10-15-21/h5-10,12-15,23-24H,3-4,11,16-19H2,1-2H3/t23-,24-/m0/s1. The molecular formula is C27H32N2O3S. The summed E-state index contributed by atoms with van der Waals surface area (Å²) in [5, 5.41) is 0. The van der Waals surface area contributed by atoms with Crippen molar-refractivity contribution in [2.24, 2.45) is 0 Å². The number of thioether (sulfide) groups is 1. The van der Waals surface area contributed by atoms with Gasteiger partial charge in [0.2, 0.25) is 0 Å². The summed E-state index contributed by atoms with van der Waals surface area (Å²) in [6.07, 6.45) is 2.32. The van der Waals surface area contributed by atoms with Crippen LogP contribution in [0.2, 0.25) is 0 Å². The van der Waals surface area contributed by atoms with Crippen molar-refractivity contribution < 1.29 is 14.3 Å². The number of urea groups is 1. The molecule has 2 heterocycles. The molecule has 0 spiro atoms. The molecule has 0 unspecified atom stereocenters. The highest BCUT2D eigenvalue weighted by Gasteiger charge is 2.52. The van der Waals surface area contributed by atoms with Crippen molar-refractivity contribution in [1.82, 2.24) is 9.80 Å². The third-order valence-electron chi connectivity index (χ3n) is 6.14. The van der Waals surface area contributed by atoms with Crippen molar-refractivity contribution in [2.75, 3.05) is 12.4 Å². The molecule has 2 fully saturated rings. The van der Waals surface area contributed by atoms with Gasteiger partial charge in [-0.3, -0.25) is 0 Å². The maximum Gasteiger partial charge on any atom is 0.334 e. The topological polar surface area (TPSA) is 49.9 Å². The molecule has 0 aromatic heterocycles. The predicted octanol–water partition coefficient (Wildman–Crippen LogP) is 5.62. The highest BCUT2D eigenvalue weighted by molar-refractivity contribution is 8.03. The summed E-state index contributed by atoms with van der Waals surface area (Å²) in [7, 11) is 0. The van der Waals surface area contributed by atoms with Gasteiger partial charge in [-0.05, 0) is 24.0 Å². The fraction of sp³-hybridized carbons (Fsp3) is 0.407. The lowest BCUT2D eigenvalue weighted by Gasteiger charge is -2.25. The third kappa shape index (κ3) is 5.11. The van der Waals surface area contributed by atoms with E-state index in [0.717, 1.165) is 40.2 Å². The lowest BCUT2D eigenvalue weighted by atomic mass is 10.0. The van der Waals surface area contributed by atoms with Crippen molar-refractivity contribution in [2.45, 2.75) is 58.3 Å². The molecule has 0 radical (unpaired) electrons. The molecule has 6 heteroatoms. The molecule has 2 aromatic rings. The van der Waals surface area contributed by atoms with E-state index in [2.05, 4.69) is 31.2 Å². The Balaban J connectivity index is 1.70. The predicted molar refractivity (Wildman–Crippen MR) is 133 cm³/mol. The van der Waals surface area contributed by atoms with Gasteiger partial charge in [-0.25, -0.2) is 9.59 Å². The van der Waals surface area contributed by atoms with Gasteiger partial charge < -0.3 is 14.5 Å². The van der Waals surface area contributed by atoms with Crippen LogP contribution in [-0.4, -0.2) is 46.2 Å². The van der Waals surface area contributed by atoms with E-state index in [1.165, 1.54) is 0 Å². The number of carbonyl (C=O) groups is 2. The van der Waals surface area contributed by atoms with Gasteiger partial charge in [-0.2, -0.15) is 0 Å². The zero-order valence-electron chi connectivity index (χ0n) is 19.4. The third-order valence-corrected chi connectivity index (χ3v) is 7.45. The van der Waals surface area contributed by atoms with E-state index >= 15 is 0 Å². The van der Waals surface area contributed by atoms with Crippen molar-refractivity contribution in [3.8, 4) is 0 Å². The number of benzene rings is 2. The minimum Gasteiger partial charge on any atom is -0.462 e. The molecule has 174 valence electrons. The highest BCUT2D eigenvalue weighted by Crippen LogP contribution is 2.45. The molecule has 2 aliphatic rings. The fourth-order valence-electron chi connectivity index (χ4n) is 4.60. The number of ether oxygens (including phenoxy) is 1. The molecule has 2 amide bonds. The maximum absolute atomic E-state index is 13.7. The SMILES string of the molecule is CCCOC(=O)C(CCC)=C1SC[C@H]2[C@@H]1N(Cc1ccccc1)C(=O)N2Cc1ccccc1. The van der Waals surface area contributed by atoms with E-state index in [1.807, 2.05) is 53.1 Å². The number of fused-ring (bicyclic) bond motifs is 1. The van der Waals surface area contributed by atoms with Crippen LogP contribution in [0.5, 0.6) is 0 Å². The Morgan fingerprint density at radius 1 is 0.939 bits per heavy atom. The second-order valence-corrected chi connectivity index (χ2v) is 9.62. The van der Waals surface area contributed by atoms with Gasteiger partial charge in [0.15, 0.2) is 0 Å². The van der Waals surface area contributed by atoms with Crippen LogP contribution in [0.4, 0.5) is 4.79 Å². The Labute approximate surface area is 200 Å². The first kappa shape index (κ1) is 23.4. The number of esters is 1. The molecule has 4 rings (SSSR count). The molecule has 2 atom stereocenters. The van der Waals surface area contributed by atoms with Gasteiger partial charge in [-0.1, -0.05) is 80.9 Å². The smallest absolute Gasteiger partial charge is 0.334 e. The first-order chi connectivity index (χ1) is 16.1. The van der Waals surface area contributed by atoms with E-state index in [9.17, 15) is 9.59 Å². The number of hydrogen-bond acceptors (Lipinski definition) is 4. The molecule has 0 saturated carbocycles. The van der Waals surface area contributed by atoms with E-state index < -0.39 is 0 Å². The number of hydrogen-bond donors (Lipinski definition) is 0. The van der Waals surface area contributed by atoms with Crippen molar-refractivity contribution in [3.63, 3.8) is 0 Å². The van der Waals surface area contributed by atoms with Crippen LogP contribution in [0.3, 0.4) is 0 Å². The van der Waals surface area contributed by atoms with Crippen molar-refractivity contribution in [1.29, 1.82) is 0 Å². The van der Waals surface area contributed by atoms with Gasteiger partial charge in [0.05, 0.1) is 18.7 Å². The maximum atomic E-state index is 13.7. The minimum atomic E-state index is -0.226. The molecule has 33 heavy (non-hydrogen) atoms. The van der Waals surface area contributed by atoms with Crippen LogP contribution in [0.15, 0.2) is 71.1 Å². The largest absolute Gasteiger partial charge is 0.462 e. The Morgan fingerprint density at radius 3 is 2.12 bits per heavy atom. The first-order valence-corrected chi connectivity index (χ1v) is 12.8. The van der Waals surface area contributed by atoms with Gasteiger partial charge >= 0.3 is 12.0 Å². The zero-order chi connectivity index (χ0) is 23.2. The Kier molecular flexibility index (Phi) is 7.76. The summed E-state index contributed by atoms with van der Waals surface area (Å²) in [5.74, 6) is 0.563. The van der Waals surface area contributed by atoms with Crippen LogP contribution < -0.4 is 0 Å². The molecule has 2 aromatic carbocycles. The van der Waals surface area contributed by atoms with Crippen LogP contribution in [0.25, 0.3) is 0 Å². The molecular weight excluding hydrogens is 432 g/mol. The Morgan fingerprint density at radius 2 is 1.55 bits per heavy atom. The fourth-order valence-corrected chi connectivity index (χ4v) is 6.12. The average molecular weight is 465 g/mol. The summed E-state index contributed by atoms with van der Waals surface area (Å²) in [4.78, 5) is 31.6. The normalized spacial score (nSPS) is 21.3. The Bertz CT molecular complexity index is 993. The van der Waals surface area contributed by atoms with Crippen molar-refractivity contribution in [3.05, 3.63) is 82.3 Å². The van der Waals surface area contributed by atoms with Crippen LogP contribution in [-0.2, 0) is 22.6 Å². The second-order valence-electron chi connectivity index (χ2n) is 8.56. The van der Waals surface area contributed by atoms with Crippen LogP contribution >= 0.6 is 11.8 Å². The van der Waals surface area contributed by atoms with Gasteiger partial charge in [0.25, 0.3) is 0 Å². The average Bonchev–Trinajstić information content (AvgIpc) is 3.37. The summed E-state index contributed by atoms with van der Waals surface area (Å²) in [6, 6.07) is 20.2. The first-order valence-electron chi connectivity index (χ1n) is 11.8. The van der Waals surface area contributed by atoms with Crippen molar-refractivity contribution >= 4 is 23.8 Å². The minimum absolute atomic E-state index is 0.0345. The summed E-state index contributed by atoms with van der Waals surface area (Å²) >= 11 is 1.72. The summed E-state index contributed by atoms with van der Waals surface area (Å²) in [6.45, 7) is 5.60. The van der Waals surface area contributed by atoms with Crippen LogP contribution in [0.1, 0.15) is 44.2 Å². The number of amides is 2. The van der Waals surface area contributed by atoms with Gasteiger partial charge in [-0.15, -0.1) is 11.8 Å². The van der Waals surface area contributed by atoms with E-state index in [1.54, 1.807) is 11.8 Å². The van der Waals surface area contributed by atoms with Gasteiger partial charge in [0, 0.05) is 29.3 Å². The number of nitrogens with zero attached hydrogens (tertiary/aromatic N) is 2.